The van der Waals surface area contributed by atoms with Gasteiger partial charge < -0.3 is 17.0 Å². The third kappa shape index (κ3) is 3.30. The molecule has 6 heteroatoms. The highest BCUT2D eigenvalue weighted by Gasteiger charge is 2.48. The average Bonchev–Trinajstić information content (AvgIpc) is 2.44. The molecular weight excluding hydrogens is 368 g/mol. The molecule has 1 aromatic carbocycles. The van der Waals surface area contributed by atoms with Crippen LogP contribution < -0.4 is 17.0 Å². The molecule has 0 amide bonds. The number of carbonyl (C=O) groups excluding carboxylic acids is 1. The number of benzene rings is 1. The Morgan fingerprint density at radius 2 is 1.42 bits per heavy atom. The third-order valence-electron chi connectivity index (χ3n) is 5.12. The largest absolute Gasteiger partial charge is 1.00 e. The molecule has 4 saturated heterocycles. The van der Waals surface area contributed by atoms with Crippen LogP contribution in [0.1, 0.15) is 36.7 Å². The molecule has 4 bridgehead atoms. The summed E-state index contributed by atoms with van der Waals surface area (Å²) in [7, 11) is 0. The zero-order valence-corrected chi connectivity index (χ0v) is 16.4. The monoisotopic (exact) mass is 394 g/mol. The number of Topliss-reactive ketones (excluding diaryl/α,β-unsaturated/α-hetero) is 1. The number of rotatable bonds is 3. The Morgan fingerprint density at radius 3 is 1.83 bits per heavy atom. The molecule has 5 nitrogen and oxygen atoms in total. The molecule has 0 N–H and O–H groups in total. The summed E-state index contributed by atoms with van der Waals surface area (Å²) in [5.74, 6) is 0.219. The number of halogens is 1. The van der Waals surface area contributed by atoms with Crippen LogP contribution in [0.3, 0.4) is 0 Å². The normalized spacial score (nSPS) is 34.0. The Morgan fingerprint density at radius 1 is 0.958 bits per heavy atom. The molecule has 0 aliphatic carbocycles. The van der Waals surface area contributed by atoms with Gasteiger partial charge in [0, 0.05) is 16.5 Å². The van der Waals surface area contributed by atoms with E-state index < -0.39 is 0 Å². The number of quaternary nitrogens is 1. The van der Waals surface area contributed by atoms with E-state index in [-0.39, 0.29) is 28.2 Å². The van der Waals surface area contributed by atoms with Crippen molar-refractivity contribution < 1.29 is 26.3 Å². The lowest BCUT2D eigenvalue weighted by Crippen LogP contribution is -3.00. The first-order chi connectivity index (χ1) is 10.8. The number of ketones is 1. The van der Waals surface area contributed by atoms with Gasteiger partial charge >= 0.3 is 0 Å². The molecular formula is C18H27BrN4O. The predicted molar refractivity (Wildman–Crippen MR) is 88.9 cm³/mol. The lowest BCUT2D eigenvalue weighted by Gasteiger charge is -2.60. The van der Waals surface area contributed by atoms with E-state index in [1.54, 1.807) is 0 Å². The second-order valence-electron chi connectivity index (χ2n) is 8.64. The second kappa shape index (κ2) is 6.18. The van der Waals surface area contributed by atoms with Crippen LogP contribution in [0.4, 0.5) is 0 Å². The summed E-state index contributed by atoms with van der Waals surface area (Å²) in [5.41, 5.74) is 1.85. The fraction of sp³-hybridized carbons (Fsp3) is 0.611. The Bertz CT molecular complexity index is 588. The lowest BCUT2D eigenvalue weighted by atomic mass is 9.86. The van der Waals surface area contributed by atoms with Crippen LogP contribution in [0.5, 0.6) is 0 Å². The van der Waals surface area contributed by atoms with Crippen LogP contribution >= 0.6 is 0 Å². The standard InChI is InChI=1S/C18H27N4O.BrH/c1-18(2,3)17(23)16-6-4-15(5-7-16)8-22-12-19-9-20(13-22)11-21(10-19)14-22;/h4-7H,8-14H2,1-3H3;1H/q+1;/p-1. The summed E-state index contributed by atoms with van der Waals surface area (Å²) >= 11 is 0. The van der Waals surface area contributed by atoms with E-state index in [0.717, 1.165) is 56.6 Å². The zero-order chi connectivity index (χ0) is 16.2. The quantitative estimate of drug-likeness (QED) is 0.481. The minimum atomic E-state index is -0.314. The van der Waals surface area contributed by atoms with Crippen molar-refractivity contribution in [3.63, 3.8) is 0 Å². The maximum absolute atomic E-state index is 12.4. The van der Waals surface area contributed by atoms with Crippen LogP contribution in [0.25, 0.3) is 0 Å². The van der Waals surface area contributed by atoms with Gasteiger partial charge in [0.2, 0.25) is 0 Å². The Hall–Kier alpha value is -0.790. The third-order valence-corrected chi connectivity index (χ3v) is 5.12. The summed E-state index contributed by atoms with van der Waals surface area (Å²) in [6.07, 6.45) is 0. The summed E-state index contributed by atoms with van der Waals surface area (Å²) in [5, 5.41) is 0. The van der Waals surface area contributed by atoms with Crippen molar-refractivity contribution in [1.82, 2.24) is 14.7 Å². The molecule has 132 valence electrons. The lowest BCUT2D eigenvalue weighted by molar-refractivity contribution is -0.991. The molecule has 4 fully saturated rings. The van der Waals surface area contributed by atoms with E-state index in [4.69, 9.17) is 0 Å². The van der Waals surface area contributed by atoms with E-state index in [0.29, 0.717) is 0 Å². The van der Waals surface area contributed by atoms with Crippen molar-refractivity contribution in [3.05, 3.63) is 35.4 Å². The van der Waals surface area contributed by atoms with E-state index >= 15 is 0 Å². The highest BCUT2D eigenvalue weighted by atomic mass is 79.9. The smallest absolute Gasteiger partial charge is 0.168 e. The van der Waals surface area contributed by atoms with Crippen molar-refractivity contribution >= 4 is 5.78 Å². The van der Waals surface area contributed by atoms with Gasteiger partial charge in [0.05, 0.1) is 20.0 Å². The minimum Gasteiger partial charge on any atom is -1.00 e. The highest BCUT2D eigenvalue weighted by molar-refractivity contribution is 5.99. The first-order valence-corrected chi connectivity index (χ1v) is 8.49. The first kappa shape index (κ1) is 18.0. The highest BCUT2D eigenvalue weighted by Crippen LogP contribution is 2.31. The SMILES string of the molecule is CC(C)(C)C(=O)c1ccc(C[N+]23CN4CN(CN(C4)C2)C3)cc1.[Br-]. The van der Waals surface area contributed by atoms with Gasteiger partial charge in [-0.25, -0.2) is 14.7 Å². The zero-order valence-electron chi connectivity index (χ0n) is 14.8. The number of nitrogens with zero attached hydrogens (tertiary/aromatic N) is 4. The molecule has 0 unspecified atom stereocenters. The first-order valence-electron chi connectivity index (χ1n) is 8.49. The minimum absolute atomic E-state index is 0. The molecule has 24 heavy (non-hydrogen) atoms. The molecule has 5 rings (SSSR count). The van der Waals surface area contributed by atoms with Gasteiger partial charge in [-0.15, -0.1) is 0 Å². The van der Waals surface area contributed by atoms with Gasteiger partial charge in [-0.1, -0.05) is 45.0 Å². The van der Waals surface area contributed by atoms with Gasteiger partial charge in [-0.3, -0.25) is 9.28 Å². The Labute approximate surface area is 155 Å². The fourth-order valence-electron chi connectivity index (χ4n) is 4.39. The number of carbonyl (C=O) groups is 1. The molecule has 0 aromatic heterocycles. The summed E-state index contributed by atoms with van der Waals surface area (Å²) in [6, 6.07) is 8.31. The van der Waals surface area contributed by atoms with Crippen LogP contribution in [-0.4, -0.2) is 65.0 Å². The summed E-state index contributed by atoms with van der Waals surface area (Å²) < 4.78 is 1.10. The van der Waals surface area contributed by atoms with Crippen molar-refractivity contribution in [2.45, 2.75) is 27.3 Å². The number of hydrogen-bond acceptors (Lipinski definition) is 4. The Kier molecular flexibility index (Phi) is 4.64. The average molecular weight is 395 g/mol. The van der Waals surface area contributed by atoms with Crippen molar-refractivity contribution in [2.24, 2.45) is 5.41 Å². The van der Waals surface area contributed by atoms with Crippen LogP contribution in [-0.2, 0) is 6.54 Å². The van der Waals surface area contributed by atoms with Crippen molar-refractivity contribution in [3.8, 4) is 0 Å². The molecule has 0 radical (unpaired) electrons. The van der Waals surface area contributed by atoms with Gasteiger partial charge in [0.15, 0.2) is 5.78 Å². The van der Waals surface area contributed by atoms with Crippen molar-refractivity contribution in [1.29, 1.82) is 0 Å². The molecule has 1 aromatic rings. The maximum atomic E-state index is 12.4. The van der Waals surface area contributed by atoms with Gasteiger partial charge in [-0.05, 0) is 0 Å². The summed E-state index contributed by atoms with van der Waals surface area (Å²) in [4.78, 5) is 20.0. The molecule has 4 aliphatic heterocycles. The van der Waals surface area contributed by atoms with Crippen LogP contribution in [0.2, 0.25) is 0 Å². The van der Waals surface area contributed by atoms with Crippen LogP contribution in [0.15, 0.2) is 24.3 Å². The van der Waals surface area contributed by atoms with Crippen LogP contribution in [0, 0.1) is 5.41 Å². The Balaban J connectivity index is 0.00000169. The maximum Gasteiger partial charge on any atom is 0.168 e. The molecule has 0 atom stereocenters. The van der Waals surface area contributed by atoms with E-state index in [9.17, 15) is 4.79 Å². The van der Waals surface area contributed by atoms with E-state index in [1.165, 1.54) is 5.56 Å². The molecule has 0 saturated carbocycles. The topological polar surface area (TPSA) is 26.8 Å². The number of hydrogen-bond donors (Lipinski definition) is 0. The fourth-order valence-corrected chi connectivity index (χ4v) is 4.39. The van der Waals surface area contributed by atoms with Gasteiger partial charge in [0.1, 0.15) is 26.6 Å². The van der Waals surface area contributed by atoms with Gasteiger partial charge in [-0.2, -0.15) is 0 Å². The van der Waals surface area contributed by atoms with Gasteiger partial charge in [0.25, 0.3) is 0 Å². The van der Waals surface area contributed by atoms with Crippen molar-refractivity contribution in [2.75, 3.05) is 40.0 Å². The molecule has 4 heterocycles. The predicted octanol–water partition coefficient (Wildman–Crippen LogP) is -1.07. The second-order valence-corrected chi connectivity index (χ2v) is 8.64. The molecule has 4 aliphatic rings. The van der Waals surface area contributed by atoms with E-state index in [1.807, 2.05) is 32.9 Å². The van der Waals surface area contributed by atoms with E-state index in [2.05, 4.69) is 26.8 Å². The summed E-state index contributed by atoms with van der Waals surface area (Å²) in [6.45, 7) is 13.8. The molecule has 0 spiro atoms.